The summed E-state index contributed by atoms with van der Waals surface area (Å²) in [5, 5.41) is 2.74. The Hall–Kier alpha value is -2.30. The monoisotopic (exact) mass is 231 g/mol. The molecule has 0 bridgehead atoms. The Labute approximate surface area is 98.7 Å². The zero-order valence-electron chi connectivity index (χ0n) is 9.68. The van der Waals surface area contributed by atoms with E-state index >= 15 is 0 Å². The van der Waals surface area contributed by atoms with Gasteiger partial charge < -0.3 is 14.5 Å². The fourth-order valence-electron chi connectivity index (χ4n) is 1.66. The number of carbonyl (C=O) groups excluding carboxylic acids is 2. The van der Waals surface area contributed by atoms with Crippen LogP contribution in [0.5, 0.6) is 0 Å². The number of aldehydes is 1. The van der Waals surface area contributed by atoms with Gasteiger partial charge >= 0.3 is 0 Å². The van der Waals surface area contributed by atoms with E-state index in [0.29, 0.717) is 17.1 Å². The number of aromatic nitrogens is 2. The van der Waals surface area contributed by atoms with Crippen LogP contribution in [0, 0.1) is 0 Å². The minimum atomic E-state index is -0.194. The van der Waals surface area contributed by atoms with Crippen molar-refractivity contribution in [1.82, 2.24) is 9.13 Å². The van der Waals surface area contributed by atoms with Crippen LogP contribution in [-0.2, 0) is 14.1 Å². The molecule has 88 valence electrons. The number of amides is 1. The molecule has 0 spiro atoms. The first-order valence-corrected chi connectivity index (χ1v) is 5.16. The van der Waals surface area contributed by atoms with Crippen LogP contribution in [0.25, 0.3) is 0 Å². The van der Waals surface area contributed by atoms with Crippen LogP contribution in [0.3, 0.4) is 0 Å². The van der Waals surface area contributed by atoms with Crippen LogP contribution in [-0.4, -0.2) is 21.3 Å². The second kappa shape index (κ2) is 4.29. The molecule has 0 radical (unpaired) electrons. The lowest BCUT2D eigenvalue weighted by Gasteiger charge is -2.03. The van der Waals surface area contributed by atoms with Crippen LogP contribution in [0.4, 0.5) is 5.69 Å². The first kappa shape index (κ1) is 11.2. The number of hydrogen-bond acceptors (Lipinski definition) is 2. The Morgan fingerprint density at radius 1 is 1.35 bits per heavy atom. The Bertz CT molecular complexity index is 566. The molecule has 0 atom stereocenters. The van der Waals surface area contributed by atoms with Gasteiger partial charge in [-0.25, -0.2) is 0 Å². The largest absolute Gasteiger partial charge is 0.347 e. The molecule has 0 aliphatic heterocycles. The minimum Gasteiger partial charge on any atom is -0.347 e. The predicted molar refractivity (Wildman–Crippen MR) is 64.2 cm³/mol. The number of nitrogens with zero attached hydrogens (tertiary/aromatic N) is 2. The number of carbonyl (C=O) groups is 2. The van der Waals surface area contributed by atoms with Gasteiger partial charge in [0.15, 0.2) is 6.29 Å². The Balaban J connectivity index is 2.18. The summed E-state index contributed by atoms with van der Waals surface area (Å²) in [4.78, 5) is 22.5. The lowest BCUT2D eigenvalue weighted by Crippen LogP contribution is -2.14. The van der Waals surface area contributed by atoms with Gasteiger partial charge in [-0.2, -0.15) is 0 Å². The quantitative estimate of drug-likeness (QED) is 0.812. The molecule has 2 aromatic heterocycles. The van der Waals surface area contributed by atoms with E-state index in [2.05, 4.69) is 5.32 Å². The van der Waals surface area contributed by atoms with E-state index in [1.54, 1.807) is 53.8 Å². The molecule has 0 aliphatic carbocycles. The number of anilines is 1. The SMILES string of the molecule is Cn1cc(NC(=O)c2cccn2C)cc1C=O. The van der Waals surface area contributed by atoms with Gasteiger partial charge in [0.05, 0.1) is 11.4 Å². The van der Waals surface area contributed by atoms with E-state index in [1.807, 2.05) is 0 Å². The molecule has 0 saturated heterocycles. The van der Waals surface area contributed by atoms with Crippen LogP contribution in [0.15, 0.2) is 30.6 Å². The summed E-state index contributed by atoms with van der Waals surface area (Å²) in [6.07, 6.45) is 4.25. The maximum Gasteiger partial charge on any atom is 0.272 e. The summed E-state index contributed by atoms with van der Waals surface area (Å²) in [6, 6.07) is 5.17. The van der Waals surface area contributed by atoms with Gasteiger partial charge in [-0.3, -0.25) is 9.59 Å². The molecule has 5 nitrogen and oxygen atoms in total. The van der Waals surface area contributed by atoms with Crippen molar-refractivity contribution in [1.29, 1.82) is 0 Å². The molecular weight excluding hydrogens is 218 g/mol. The molecule has 5 heteroatoms. The summed E-state index contributed by atoms with van der Waals surface area (Å²) >= 11 is 0. The third-order valence-electron chi connectivity index (χ3n) is 2.60. The van der Waals surface area contributed by atoms with Crippen molar-refractivity contribution >= 4 is 17.9 Å². The molecule has 2 rings (SSSR count). The summed E-state index contributed by atoms with van der Waals surface area (Å²) in [7, 11) is 3.55. The van der Waals surface area contributed by atoms with Crippen molar-refractivity contribution in [2.75, 3.05) is 5.32 Å². The molecular formula is C12H13N3O2. The highest BCUT2D eigenvalue weighted by Gasteiger charge is 2.10. The molecule has 1 amide bonds. The molecule has 0 fully saturated rings. The lowest BCUT2D eigenvalue weighted by molar-refractivity contribution is 0.101. The second-order valence-electron chi connectivity index (χ2n) is 3.84. The average Bonchev–Trinajstić information content (AvgIpc) is 2.84. The number of aryl methyl sites for hydroxylation is 2. The molecule has 0 unspecified atom stereocenters. The Kier molecular flexibility index (Phi) is 2.82. The highest BCUT2D eigenvalue weighted by Crippen LogP contribution is 2.12. The van der Waals surface area contributed by atoms with E-state index in [-0.39, 0.29) is 5.91 Å². The number of hydrogen-bond donors (Lipinski definition) is 1. The van der Waals surface area contributed by atoms with Gasteiger partial charge in [0, 0.05) is 26.5 Å². The molecule has 0 aliphatic rings. The van der Waals surface area contributed by atoms with E-state index in [9.17, 15) is 9.59 Å². The lowest BCUT2D eigenvalue weighted by atomic mass is 10.3. The number of rotatable bonds is 3. The molecule has 0 saturated carbocycles. The van der Waals surface area contributed by atoms with Crippen molar-refractivity contribution in [3.63, 3.8) is 0 Å². The van der Waals surface area contributed by atoms with E-state index < -0.39 is 0 Å². The molecule has 2 aromatic rings. The predicted octanol–water partition coefficient (Wildman–Crippen LogP) is 1.43. The minimum absolute atomic E-state index is 0.194. The highest BCUT2D eigenvalue weighted by atomic mass is 16.2. The van der Waals surface area contributed by atoms with Crippen LogP contribution in [0.1, 0.15) is 21.0 Å². The normalized spacial score (nSPS) is 10.2. The van der Waals surface area contributed by atoms with Crippen LogP contribution < -0.4 is 5.32 Å². The van der Waals surface area contributed by atoms with Crippen molar-refractivity contribution in [2.45, 2.75) is 0 Å². The van der Waals surface area contributed by atoms with Crippen molar-refractivity contribution in [2.24, 2.45) is 14.1 Å². The Morgan fingerprint density at radius 2 is 2.12 bits per heavy atom. The van der Waals surface area contributed by atoms with Gasteiger partial charge in [-0.15, -0.1) is 0 Å². The summed E-state index contributed by atoms with van der Waals surface area (Å²) < 4.78 is 3.40. The second-order valence-corrected chi connectivity index (χ2v) is 3.84. The van der Waals surface area contributed by atoms with Crippen molar-refractivity contribution < 1.29 is 9.59 Å². The maximum atomic E-state index is 11.9. The van der Waals surface area contributed by atoms with Gasteiger partial charge in [-0.05, 0) is 18.2 Å². The molecule has 1 N–H and O–H groups in total. The van der Waals surface area contributed by atoms with Crippen LogP contribution in [0.2, 0.25) is 0 Å². The Morgan fingerprint density at radius 3 is 2.65 bits per heavy atom. The fourth-order valence-corrected chi connectivity index (χ4v) is 1.66. The molecule has 17 heavy (non-hydrogen) atoms. The van der Waals surface area contributed by atoms with Gasteiger partial charge in [0.25, 0.3) is 5.91 Å². The topological polar surface area (TPSA) is 56.0 Å². The maximum absolute atomic E-state index is 11.9. The van der Waals surface area contributed by atoms with Gasteiger partial charge in [0.2, 0.25) is 0 Å². The summed E-state index contributed by atoms with van der Waals surface area (Å²) in [6.45, 7) is 0. The first-order valence-electron chi connectivity index (χ1n) is 5.16. The fraction of sp³-hybridized carbons (Fsp3) is 0.167. The summed E-state index contributed by atoms with van der Waals surface area (Å²) in [5.41, 5.74) is 1.70. The zero-order chi connectivity index (χ0) is 12.4. The van der Waals surface area contributed by atoms with Gasteiger partial charge in [0.1, 0.15) is 5.69 Å². The molecule has 0 aromatic carbocycles. The van der Waals surface area contributed by atoms with E-state index in [1.165, 1.54) is 0 Å². The van der Waals surface area contributed by atoms with E-state index in [0.717, 1.165) is 6.29 Å². The van der Waals surface area contributed by atoms with E-state index in [4.69, 9.17) is 0 Å². The smallest absolute Gasteiger partial charge is 0.272 e. The van der Waals surface area contributed by atoms with Crippen LogP contribution >= 0.6 is 0 Å². The highest BCUT2D eigenvalue weighted by molar-refractivity contribution is 6.03. The summed E-state index contributed by atoms with van der Waals surface area (Å²) in [5.74, 6) is -0.194. The zero-order valence-corrected chi connectivity index (χ0v) is 9.68. The number of nitrogens with one attached hydrogen (secondary N) is 1. The van der Waals surface area contributed by atoms with Crippen molar-refractivity contribution in [3.8, 4) is 0 Å². The van der Waals surface area contributed by atoms with Gasteiger partial charge in [-0.1, -0.05) is 0 Å². The molecule has 2 heterocycles. The van der Waals surface area contributed by atoms with Crippen molar-refractivity contribution in [3.05, 3.63) is 42.0 Å². The first-order chi connectivity index (χ1) is 8.11. The standard InChI is InChI=1S/C12H13N3O2/c1-14-5-3-4-11(14)12(17)13-9-6-10(8-16)15(2)7-9/h3-8H,1-2H3,(H,13,17). The third kappa shape index (κ3) is 2.13. The third-order valence-corrected chi connectivity index (χ3v) is 2.60. The average molecular weight is 231 g/mol.